The first-order chi connectivity index (χ1) is 10.7. The molecule has 6 nitrogen and oxygen atoms in total. The lowest BCUT2D eigenvalue weighted by atomic mass is 9.87. The van der Waals surface area contributed by atoms with Crippen LogP contribution in [0.5, 0.6) is 0 Å². The van der Waals surface area contributed by atoms with Gasteiger partial charge >= 0.3 is 0 Å². The molecule has 1 heterocycles. The van der Waals surface area contributed by atoms with Gasteiger partial charge in [0.05, 0.1) is 18.0 Å². The van der Waals surface area contributed by atoms with E-state index in [1.54, 1.807) is 0 Å². The highest BCUT2D eigenvalue weighted by Gasteiger charge is 2.21. The summed E-state index contributed by atoms with van der Waals surface area (Å²) in [4.78, 5) is 13.6. The zero-order valence-corrected chi connectivity index (χ0v) is 12.4. The van der Waals surface area contributed by atoms with Crippen LogP contribution < -0.4 is 5.32 Å². The molecule has 1 fully saturated rings. The van der Waals surface area contributed by atoms with E-state index in [1.165, 1.54) is 11.0 Å². The number of rotatable bonds is 4. The van der Waals surface area contributed by atoms with E-state index >= 15 is 0 Å². The Labute approximate surface area is 129 Å². The summed E-state index contributed by atoms with van der Waals surface area (Å²) >= 11 is 0. The van der Waals surface area contributed by atoms with E-state index in [9.17, 15) is 9.90 Å². The topological polar surface area (TPSA) is 80.0 Å². The zero-order chi connectivity index (χ0) is 15.4. The molecule has 0 saturated heterocycles. The van der Waals surface area contributed by atoms with Gasteiger partial charge in [0.1, 0.15) is 0 Å². The van der Waals surface area contributed by atoms with Gasteiger partial charge in [-0.15, -0.1) is 5.10 Å². The zero-order valence-electron chi connectivity index (χ0n) is 12.4. The van der Waals surface area contributed by atoms with Crippen LogP contribution in [0.2, 0.25) is 0 Å². The number of nitrogens with one attached hydrogen (secondary N) is 1. The van der Waals surface area contributed by atoms with Crippen LogP contribution in [0, 0.1) is 5.92 Å². The van der Waals surface area contributed by atoms with Crippen LogP contribution in [0.4, 0.5) is 0 Å². The van der Waals surface area contributed by atoms with Gasteiger partial charge in [0, 0.05) is 6.54 Å². The monoisotopic (exact) mass is 300 g/mol. The van der Waals surface area contributed by atoms with Gasteiger partial charge in [-0.3, -0.25) is 4.79 Å². The van der Waals surface area contributed by atoms with Gasteiger partial charge in [-0.2, -0.15) is 9.90 Å². The summed E-state index contributed by atoms with van der Waals surface area (Å²) in [6.07, 6.45) is 4.94. The Balaban J connectivity index is 1.58. The third-order valence-corrected chi connectivity index (χ3v) is 4.02. The van der Waals surface area contributed by atoms with Crippen molar-refractivity contribution >= 4 is 5.91 Å². The molecule has 116 valence electrons. The van der Waals surface area contributed by atoms with Crippen molar-refractivity contribution in [3.8, 4) is 5.69 Å². The summed E-state index contributed by atoms with van der Waals surface area (Å²) in [6, 6.07) is 9.47. The molecular weight excluding hydrogens is 280 g/mol. The van der Waals surface area contributed by atoms with Crippen molar-refractivity contribution in [1.82, 2.24) is 20.3 Å². The van der Waals surface area contributed by atoms with Crippen LogP contribution in [0.1, 0.15) is 36.2 Å². The number of nitrogens with zero attached hydrogens (tertiary/aromatic N) is 3. The van der Waals surface area contributed by atoms with Crippen LogP contribution in [0.25, 0.3) is 5.69 Å². The minimum absolute atomic E-state index is 0.220. The largest absolute Gasteiger partial charge is 0.393 e. The van der Waals surface area contributed by atoms with Crippen LogP contribution in [0.3, 0.4) is 0 Å². The van der Waals surface area contributed by atoms with Crippen molar-refractivity contribution in [3.05, 3.63) is 42.2 Å². The molecule has 3 rings (SSSR count). The standard InChI is InChI=1S/C16H20N4O2/c21-14-8-4-5-12(9-14)10-17-16(22)15-11-18-20(19-15)13-6-2-1-3-7-13/h1-3,6-7,11-12,14,21H,4-5,8-10H2,(H,17,22). The molecule has 6 heteroatoms. The first-order valence-corrected chi connectivity index (χ1v) is 7.66. The molecule has 1 aromatic carbocycles. The first-order valence-electron chi connectivity index (χ1n) is 7.66. The van der Waals surface area contributed by atoms with Crippen LogP contribution in [-0.4, -0.2) is 38.7 Å². The fourth-order valence-corrected chi connectivity index (χ4v) is 2.83. The molecule has 0 bridgehead atoms. The van der Waals surface area contributed by atoms with Crippen LogP contribution in [0.15, 0.2) is 36.5 Å². The Kier molecular flexibility index (Phi) is 4.48. The van der Waals surface area contributed by atoms with E-state index in [4.69, 9.17) is 0 Å². The van der Waals surface area contributed by atoms with Gasteiger partial charge in [-0.1, -0.05) is 24.6 Å². The van der Waals surface area contributed by atoms with Gasteiger partial charge in [0.2, 0.25) is 0 Å². The molecule has 0 aliphatic heterocycles. The second kappa shape index (κ2) is 6.70. The Hall–Kier alpha value is -2.21. The SMILES string of the molecule is O=C(NCC1CCCC(O)C1)c1cnn(-c2ccccc2)n1. The number of hydrogen-bond acceptors (Lipinski definition) is 4. The second-order valence-corrected chi connectivity index (χ2v) is 5.75. The average Bonchev–Trinajstić information content (AvgIpc) is 3.04. The molecule has 0 radical (unpaired) electrons. The molecule has 2 N–H and O–H groups in total. The lowest BCUT2D eigenvalue weighted by Crippen LogP contribution is -2.33. The van der Waals surface area contributed by atoms with Crippen molar-refractivity contribution in [2.75, 3.05) is 6.54 Å². The van der Waals surface area contributed by atoms with Crippen LogP contribution in [-0.2, 0) is 0 Å². The van der Waals surface area contributed by atoms with Gasteiger partial charge in [-0.05, 0) is 37.3 Å². The number of para-hydroxylation sites is 1. The fraction of sp³-hybridized carbons (Fsp3) is 0.438. The number of aromatic nitrogens is 3. The van der Waals surface area contributed by atoms with Crippen molar-refractivity contribution in [3.63, 3.8) is 0 Å². The third-order valence-electron chi connectivity index (χ3n) is 4.02. The normalized spacial score (nSPS) is 21.5. The number of aliphatic hydroxyl groups excluding tert-OH is 1. The summed E-state index contributed by atoms with van der Waals surface area (Å²) in [5, 5.41) is 20.9. The average molecular weight is 300 g/mol. The van der Waals surface area contributed by atoms with Gasteiger partial charge in [0.15, 0.2) is 5.69 Å². The smallest absolute Gasteiger partial charge is 0.273 e. The Morgan fingerprint density at radius 2 is 2.14 bits per heavy atom. The maximum Gasteiger partial charge on any atom is 0.273 e. The van der Waals surface area contributed by atoms with E-state index in [-0.39, 0.29) is 12.0 Å². The Morgan fingerprint density at radius 1 is 1.32 bits per heavy atom. The number of amides is 1. The van der Waals surface area contributed by atoms with Crippen molar-refractivity contribution < 1.29 is 9.90 Å². The van der Waals surface area contributed by atoms with Gasteiger partial charge < -0.3 is 10.4 Å². The second-order valence-electron chi connectivity index (χ2n) is 5.75. The van der Waals surface area contributed by atoms with Gasteiger partial charge in [0.25, 0.3) is 5.91 Å². The summed E-state index contributed by atoms with van der Waals surface area (Å²) in [7, 11) is 0. The molecule has 0 spiro atoms. The molecule has 22 heavy (non-hydrogen) atoms. The predicted molar refractivity (Wildman–Crippen MR) is 81.7 cm³/mol. The maximum absolute atomic E-state index is 12.1. The quantitative estimate of drug-likeness (QED) is 0.898. The number of carbonyl (C=O) groups is 1. The van der Waals surface area contributed by atoms with Gasteiger partial charge in [-0.25, -0.2) is 0 Å². The molecule has 2 atom stereocenters. The van der Waals surface area contributed by atoms with Crippen molar-refractivity contribution in [2.24, 2.45) is 5.92 Å². The van der Waals surface area contributed by atoms with Crippen LogP contribution >= 0.6 is 0 Å². The summed E-state index contributed by atoms with van der Waals surface area (Å²) in [5.41, 5.74) is 1.12. The number of aliphatic hydroxyl groups is 1. The van der Waals surface area contributed by atoms with E-state index < -0.39 is 0 Å². The minimum Gasteiger partial charge on any atom is -0.393 e. The van der Waals surface area contributed by atoms with E-state index in [2.05, 4.69) is 15.5 Å². The maximum atomic E-state index is 12.1. The lowest BCUT2D eigenvalue weighted by molar-refractivity contribution is 0.0870. The highest BCUT2D eigenvalue weighted by Crippen LogP contribution is 2.23. The van der Waals surface area contributed by atoms with E-state index in [0.717, 1.165) is 31.4 Å². The van der Waals surface area contributed by atoms with E-state index in [0.29, 0.717) is 18.2 Å². The Bertz CT molecular complexity index is 626. The fourth-order valence-electron chi connectivity index (χ4n) is 2.83. The predicted octanol–water partition coefficient (Wildman–Crippen LogP) is 1.55. The molecular formula is C16H20N4O2. The summed E-state index contributed by atoms with van der Waals surface area (Å²) < 4.78 is 0. The molecule has 1 saturated carbocycles. The molecule has 2 aromatic rings. The third kappa shape index (κ3) is 3.51. The van der Waals surface area contributed by atoms with Crippen molar-refractivity contribution in [1.29, 1.82) is 0 Å². The lowest BCUT2D eigenvalue weighted by Gasteiger charge is -2.25. The highest BCUT2D eigenvalue weighted by atomic mass is 16.3. The molecule has 1 aliphatic rings. The summed E-state index contributed by atoms with van der Waals surface area (Å²) in [5.74, 6) is 0.124. The molecule has 1 amide bonds. The molecule has 1 aliphatic carbocycles. The van der Waals surface area contributed by atoms with E-state index in [1.807, 2.05) is 30.3 Å². The van der Waals surface area contributed by atoms with Crippen molar-refractivity contribution in [2.45, 2.75) is 31.8 Å². The number of benzene rings is 1. The minimum atomic E-state index is -0.227. The number of hydrogen-bond donors (Lipinski definition) is 2. The molecule has 1 aromatic heterocycles. The first kappa shape index (κ1) is 14.7. The summed E-state index contributed by atoms with van der Waals surface area (Å²) in [6.45, 7) is 0.577. The molecule has 2 unspecified atom stereocenters. The highest BCUT2D eigenvalue weighted by molar-refractivity contribution is 5.91. The Morgan fingerprint density at radius 3 is 2.91 bits per heavy atom. The number of carbonyl (C=O) groups excluding carboxylic acids is 1.